The van der Waals surface area contributed by atoms with Crippen molar-refractivity contribution in [3.63, 3.8) is 0 Å². The predicted octanol–water partition coefficient (Wildman–Crippen LogP) is 3.48. The van der Waals surface area contributed by atoms with Crippen LogP contribution in [-0.2, 0) is 11.3 Å². The number of nitrogens with one attached hydrogen (secondary N) is 1. The third kappa shape index (κ3) is 4.59. The highest BCUT2D eigenvalue weighted by Gasteiger charge is 2.11. The number of ether oxygens (including phenoxy) is 2. The normalized spacial score (nSPS) is 12.1. The summed E-state index contributed by atoms with van der Waals surface area (Å²) in [7, 11) is 3.62. The SMILES string of the molecule is CNCC(OCc1ccc(OC)cc1)c1cccc(C)c1. The summed E-state index contributed by atoms with van der Waals surface area (Å²) < 4.78 is 11.2. The summed E-state index contributed by atoms with van der Waals surface area (Å²) in [5.41, 5.74) is 3.60. The van der Waals surface area contributed by atoms with E-state index in [1.807, 2.05) is 31.3 Å². The van der Waals surface area contributed by atoms with Crippen LogP contribution in [0.4, 0.5) is 0 Å². The number of hydrogen-bond acceptors (Lipinski definition) is 3. The van der Waals surface area contributed by atoms with Crippen molar-refractivity contribution < 1.29 is 9.47 Å². The summed E-state index contributed by atoms with van der Waals surface area (Å²) in [6.07, 6.45) is 0.0528. The molecule has 0 aliphatic heterocycles. The number of benzene rings is 2. The van der Waals surface area contributed by atoms with Crippen LogP contribution in [0.15, 0.2) is 48.5 Å². The Kier molecular flexibility index (Phi) is 5.78. The molecular formula is C18H23NO2. The second-order valence-electron chi connectivity index (χ2n) is 5.12. The Morgan fingerprint density at radius 2 is 1.86 bits per heavy atom. The van der Waals surface area contributed by atoms with Crippen LogP contribution in [0.25, 0.3) is 0 Å². The van der Waals surface area contributed by atoms with Crippen LogP contribution >= 0.6 is 0 Å². The molecule has 0 spiro atoms. The van der Waals surface area contributed by atoms with Crippen molar-refractivity contribution in [2.24, 2.45) is 0 Å². The molecule has 0 amide bonds. The molecule has 0 saturated heterocycles. The fourth-order valence-corrected chi connectivity index (χ4v) is 2.25. The van der Waals surface area contributed by atoms with Crippen molar-refractivity contribution in [2.75, 3.05) is 20.7 Å². The molecule has 1 atom stereocenters. The zero-order valence-corrected chi connectivity index (χ0v) is 12.9. The van der Waals surface area contributed by atoms with E-state index in [0.29, 0.717) is 6.61 Å². The predicted molar refractivity (Wildman–Crippen MR) is 85.6 cm³/mol. The standard InChI is InChI=1S/C18H23NO2/c1-14-5-4-6-16(11-14)18(12-19-2)21-13-15-7-9-17(20-3)10-8-15/h4-11,18-19H,12-13H2,1-3H3. The minimum absolute atomic E-state index is 0.0528. The molecule has 2 aromatic rings. The topological polar surface area (TPSA) is 30.5 Å². The van der Waals surface area contributed by atoms with Gasteiger partial charge in [-0.1, -0.05) is 42.0 Å². The van der Waals surface area contributed by atoms with Gasteiger partial charge in [-0.3, -0.25) is 0 Å². The highest BCUT2D eigenvalue weighted by atomic mass is 16.5. The summed E-state index contributed by atoms with van der Waals surface area (Å²) in [5, 5.41) is 3.20. The summed E-state index contributed by atoms with van der Waals surface area (Å²) >= 11 is 0. The average Bonchev–Trinajstić information content (AvgIpc) is 2.52. The number of methoxy groups -OCH3 is 1. The number of rotatable bonds is 7. The number of aryl methyl sites for hydroxylation is 1. The first-order valence-corrected chi connectivity index (χ1v) is 7.18. The fraction of sp³-hybridized carbons (Fsp3) is 0.333. The Labute approximate surface area is 126 Å². The molecule has 112 valence electrons. The molecule has 0 bridgehead atoms. The van der Waals surface area contributed by atoms with Crippen LogP contribution < -0.4 is 10.1 Å². The second kappa shape index (κ2) is 7.81. The van der Waals surface area contributed by atoms with Gasteiger partial charge in [-0.15, -0.1) is 0 Å². The third-order valence-electron chi connectivity index (χ3n) is 3.41. The van der Waals surface area contributed by atoms with Crippen LogP contribution in [0.3, 0.4) is 0 Å². The molecule has 0 saturated carbocycles. The van der Waals surface area contributed by atoms with Crippen molar-refractivity contribution in [3.8, 4) is 5.75 Å². The molecule has 0 aromatic heterocycles. The van der Waals surface area contributed by atoms with E-state index < -0.39 is 0 Å². The molecule has 0 fully saturated rings. The largest absolute Gasteiger partial charge is 0.497 e. The maximum Gasteiger partial charge on any atom is 0.118 e. The van der Waals surface area contributed by atoms with E-state index in [-0.39, 0.29) is 6.10 Å². The average molecular weight is 285 g/mol. The summed E-state index contributed by atoms with van der Waals surface area (Å²) in [4.78, 5) is 0. The van der Waals surface area contributed by atoms with Gasteiger partial charge >= 0.3 is 0 Å². The molecule has 3 nitrogen and oxygen atoms in total. The Bertz CT molecular complexity index is 551. The zero-order chi connectivity index (χ0) is 15.1. The number of likely N-dealkylation sites (N-methyl/N-ethyl adjacent to an activating group) is 1. The van der Waals surface area contributed by atoms with E-state index >= 15 is 0 Å². The van der Waals surface area contributed by atoms with E-state index in [4.69, 9.17) is 9.47 Å². The van der Waals surface area contributed by atoms with E-state index in [2.05, 4.69) is 36.5 Å². The van der Waals surface area contributed by atoms with Gasteiger partial charge in [-0.25, -0.2) is 0 Å². The van der Waals surface area contributed by atoms with Gasteiger partial charge in [0.05, 0.1) is 19.8 Å². The monoisotopic (exact) mass is 285 g/mol. The molecule has 3 heteroatoms. The van der Waals surface area contributed by atoms with Gasteiger partial charge in [0.25, 0.3) is 0 Å². The van der Waals surface area contributed by atoms with Gasteiger partial charge in [0, 0.05) is 6.54 Å². The summed E-state index contributed by atoms with van der Waals surface area (Å²) in [6, 6.07) is 16.4. The first kappa shape index (κ1) is 15.5. The summed E-state index contributed by atoms with van der Waals surface area (Å²) in [5.74, 6) is 0.865. The van der Waals surface area contributed by atoms with Gasteiger partial charge in [0.15, 0.2) is 0 Å². The lowest BCUT2D eigenvalue weighted by atomic mass is 10.1. The highest BCUT2D eigenvalue weighted by Crippen LogP contribution is 2.20. The van der Waals surface area contributed by atoms with E-state index in [0.717, 1.165) is 17.9 Å². The van der Waals surface area contributed by atoms with Crippen LogP contribution in [0.2, 0.25) is 0 Å². The molecule has 2 aromatic carbocycles. The maximum atomic E-state index is 6.08. The Balaban J connectivity index is 2.02. The van der Waals surface area contributed by atoms with Gasteiger partial charge in [-0.2, -0.15) is 0 Å². The van der Waals surface area contributed by atoms with Crippen molar-refractivity contribution in [1.29, 1.82) is 0 Å². The van der Waals surface area contributed by atoms with Crippen molar-refractivity contribution in [3.05, 3.63) is 65.2 Å². The smallest absolute Gasteiger partial charge is 0.118 e. The Morgan fingerprint density at radius 1 is 1.10 bits per heavy atom. The summed E-state index contributed by atoms with van der Waals surface area (Å²) in [6.45, 7) is 3.48. The van der Waals surface area contributed by atoms with Crippen molar-refractivity contribution in [2.45, 2.75) is 19.6 Å². The Morgan fingerprint density at radius 3 is 2.48 bits per heavy atom. The molecule has 0 aliphatic carbocycles. The molecular weight excluding hydrogens is 262 g/mol. The van der Waals surface area contributed by atoms with Crippen molar-refractivity contribution in [1.82, 2.24) is 5.32 Å². The van der Waals surface area contributed by atoms with Crippen LogP contribution in [0, 0.1) is 6.92 Å². The molecule has 1 unspecified atom stereocenters. The minimum Gasteiger partial charge on any atom is -0.497 e. The quantitative estimate of drug-likeness (QED) is 0.845. The Hall–Kier alpha value is -1.84. The zero-order valence-electron chi connectivity index (χ0n) is 12.9. The lowest BCUT2D eigenvalue weighted by Crippen LogP contribution is -2.19. The lowest BCUT2D eigenvalue weighted by Gasteiger charge is -2.18. The first-order valence-electron chi connectivity index (χ1n) is 7.18. The molecule has 2 rings (SSSR count). The molecule has 0 radical (unpaired) electrons. The van der Waals surface area contributed by atoms with Crippen LogP contribution in [-0.4, -0.2) is 20.7 Å². The van der Waals surface area contributed by atoms with Crippen LogP contribution in [0.1, 0.15) is 22.8 Å². The maximum absolute atomic E-state index is 6.08. The molecule has 1 N–H and O–H groups in total. The van der Waals surface area contributed by atoms with E-state index in [1.54, 1.807) is 7.11 Å². The van der Waals surface area contributed by atoms with E-state index in [9.17, 15) is 0 Å². The van der Waals surface area contributed by atoms with Gasteiger partial charge in [0.2, 0.25) is 0 Å². The molecule has 21 heavy (non-hydrogen) atoms. The van der Waals surface area contributed by atoms with Gasteiger partial charge < -0.3 is 14.8 Å². The second-order valence-corrected chi connectivity index (χ2v) is 5.12. The van der Waals surface area contributed by atoms with Gasteiger partial charge in [0.1, 0.15) is 5.75 Å². The highest BCUT2D eigenvalue weighted by molar-refractivity contribution is 5.27. The first-order chi connectivity index (χ1) is 10.2. The minimum atomic E-state index is 0.0528. The third-order valence-corrected chi connectivity index (χ3v) is 3.41. The van der Waals surface area contributed by atoms with E-state index in [1.165, 1.54) is 11.1 Å². The fourth-order valence-electron chi connectivity index (χ4n) is 2.25. The van der Waals surface area contributed by atoms with Gasteiger partial charge in [-0.05, 0) is 37.2 Å². The molecule has 0 aliphatic rings. The van der Waals surface area contributed by atoms with Crippen LogP contribution in [0.5, 0.6) is 5.75 Å². The molecule has 0 heterocycles. The van der Waals surface area contributed by atoms with Crippen molar-refractivity contribution >= 4 is 0 Å². The number of hydrogen-bond donors (Lipinski definition) is 1. The lowest BCUT2D eigenvalue weighted by molar-refractivity contribution is 0.0410.